The predicted molar refractivity (Wildman–Crippen MR) is 173 cm³/mol. The number of para-hydroxylation sites is 1. The summed E-state index contributed by atoms with van der Waals surface area (Å²) in [5, 5.41) is 37.4. The average Bonchev–Trinajstić information content (AvgIpc) is 3.30. The number of halogens is 2. The molecule has 0 bridgehead atoms. The summed E-state index contributed by atoms with van der Waals surface area (Å²) < 4.78 is 4.87. The van der Waals surface area contributed by atoms with Gasteiger partial charge in [0, 0.05) is 17.0 Å². The van der Waals surface area contributed by atoms with Crippen LogP contribution in [0.1, 0.15) is 47.9 Å². The van der Waals surface area contributed by atoms with E-state index in [1.54, 1.807) is 36.4 Å². The minimum absolute atomic E-state index is 0.0869. The molecule has 0 fully saturated rings. The lowest BCUT2D eigenvalue weighted by Gasteiger charge is -2.16. The summed E-state index contributed by atoms with van der Waals surface area (Å²) in [5.74, 6) is -4.24. The molecule has 0 radical (unpaired) electrons. The molecule has 0 saturated heterocycles. The number of carbonyl (C=O) groups excluding carboxylic acids is 2. The fourth-order valence-electron chi connectivity index (χ4n) is 4.04. The molecular weight excluding hydrogens is 704 g/mol. The van der Waals surface area contributed by atoms with Crippen LogP contribution in [0.3, 0.4) is 0 Å². The molecule has 3 N–H and O–H groups in total. The van der Waals surface area contributed by atoms with E-state index in [0.29, 0.717) is 15.7 Å². The highest BCUT2D eigenvalue weighted by molar-refractivity contribution is 9.09. The Balaban J connectivity index is 0.000000212. The fraction of sp³-hybridized carbons (Fsp3) is 0.0938. The molecular formula is C32H24BrClN2O11. The number of rotatable bonds is 9. The highest BCUT2D eigenvalue weighted by Gasteiger charge is 2.38. The van der Waals surface area contributed by atoms with Crippen molar-refractivity contribution in [3.8, 4) is 5.75 Å². The number of carbonyl (C=O) groups is 5. The van der Waals surface area contributed by atoms with E-state index in [-0.39, 0.29) is 40.2 Å². The number of carboxylic acid groups (broad SMARTS) is 3. The predicted octanol–water partition coefficient (Wildman–Crippen LogP) is 6.49. The second-order valence-electron chi connectivity index (χ2n) is 9.34. The lowest BCUT2D eigenvalue weighted by atomic mass is 10.1. The van der Waals surface area contributed by atoms with Gasteiger partial charge in [0.1, 0.15) is 5.75 Å². The van der Waals surface area contributed by atoms with Crippen molar-refractivity contribution in [2.45, 2.75) is 11.2 Å². The molecule has 1 unspecified atom stereocenters. The molecule has 4 aromatic carbocycles. The molecule has 1 aliphatic heterocycles. The first kappa shape index (κ1) is 35.9. The van der Waals surface area contributed by atoms with E-state index in [2.05, 4.69) is 15.9 Å². The average molecular weight is 728 g/mol. The van der Waals surface area contributed by atoms with Gasteiger partial charge < -0.3 is 20.1 Å². The van der Waals surface area contributed by atoms with E-state index in [9.17, 15) is 39.2 Å². The molecule has 15 heteroatoms. The zero-order valence-corrected chi connectivity index (χ0v) is 26.3. The Bertz CT molecular complexity index is 1780. The molecule has 4 aromatic rings. The van der Waals surface area contributed by atoms with Crippen LogP contribution in [0.15, 0.2) is 97.1 Å². The minimum Gasteiger partial charge on any atom is -0.481 e. The number of alkyl halides is 1. The van der Waals surface area contributed by atoms with Crippen LogP contribution in [0.2, 0.25) is 5.02 Å². The van der Waals surface area contributed by atoms with Crippen LogP contribution in [0, 0.1) is 10.1 Å². The molecule has 5 rings (SSSR count). The summed E-state index contributed by atoms with van der Waals surface area (Å²) in [4.78, 5) is 67.3. The van der Waals surface area contributed by atoms with Crippen LogP contribution < -0.4 is 9.64 Å². The van der Waals surface area contributed by atoms with Crippen LogP contribution in [0.5, 0.6) is 5.75 Å². The Morgan fingerprint density at radius 1 is 0.830 bits per heavy atom. The van der Waals surface area contributed by atoms with E-state index in [0.717, 1.165) is 23.8 Å². The summed E-state index contributed by atoms with van der Waals surface area (Å²) in [6, 6.07) is 25.2. The van der Waals surface area contributed by atoms with Crippen molar-refractivity contribution in [1.82, 2.24) is 0 Å². The lowest BCUT2D eigenvalue weighted by molar-refractivity contribution is -0.384. The van der Waals surface area contributed by atoms with E-state index in [4.69, 9.17) is 26.6 Å². The number of non-ortho nitro benzene ring substituents is 1. The van der Waals surface area contributed by atoms with Gasteiger partial charge in [-0.2, -0.15) is 0 Å². The van der Waals surface area contributed by atoms with E-state index >= 15 is 0 Å². The van der Waals surface area contributed by atoms with Crippen molar-refractivity contribution in [1.29, 1.82) is 0 Å². The van der Waals surface area contributed by atoms with Gasteiger partial charge in [0.25, 0.3) is 17.5 Å². The van der Waals surface area contributed by atoms with Gasteiger partial charge >= 0.3 is 17.9 Å². The lowest BCUT2D eigenvalue weighted by Crippen LogP contribution is -2.31. The van der Waals surface area contributed by atoms with Crippen molar-refractivity contribution in [3.63, 3.8) is 0 Å². The van der Waals surface area contributed by atoms with Crippen LogP contribution in [0.4, 0.5) is 11.4 Å². The molecule has 0 saturated carbocycles. The van der Waals surface area contributed by atoms with E-state index in [1.165, 1.54) is 12.1 Å². The number of carboxylic acids is 3. The number of nitro groups is 1. The second kappa shape index (κ2) is 16.6. The molecule has 0 aliphatic carbocycles. The number of nitrogens with zero attached hydrogens (tertiary/aromatic N) is 2. The minimum atomic E-state index is -1.40. The van der Waals surface area contributed by atoms with Gasteiger partial charge in [0.05, 0.1) is 38.7 Å². The third-order valence-electron chi connectivity index (χ3n) is 6.16. The Labute approximate surface area is 279 Å². The molecule has 242 valence electrons. The third kappa shape index (κ3) is 9.69. The number of aliphatic carboxylic acids is 2. The number of fused-ring (bicyclic) bond motifs is 1. The first-order chi connectivity index (χ1) is 22.3. The number of nitro benzene ring substituents is 1. The van der Waals surface area contributed by atoms with Gasteiger partial charge in [-0.05, 0) is 35.9 Å². The maximum absolute atomic E-state index is 12.4. The fourth-order valence-corrected chi connectivity index (χ4v) is 4.81. The molecule has 1 aliphatic rings. The Morgan fingerprint density at radius 2 is 1.38 bits per heavy atom. The normalized spacial score (nSPS) is 12.0. The number of amides is 2. The van der Waals surface area contributed by atoms with Crippen molar-refractivity contribution in [2.75, 3.05) is 11.5 Å². The number of aromatic carboxylic acids is 1. The number of hydrogen-bond donors (Lipinski definition) is 3. The topological polar surface area (TPSA) is 202 Å². The molecule has 1 heterocycles. The summed E-state index contributed by atoms with van der Waals surface area (Å²) in [7, 11) is 0. The SMILES string of the molecule is O=C(O)CC(Br)c1ccccc1.O=C(O)COc1ccccc1Cl.O=C(O)c1ccc([N+](=O)[O-])cc1N1C(=O)c2ccccc2C1=O. The number of anilines is 1. The largest absolute Gasteiger partial charge is 0.481 e. The Morgan fingerprint density at radius 3 is 1.89 bits per heavy atom. The first-order valence-corrected chi connectivity index (χ1v) is 14.6. The molecule has 0 spiro atoms. The Kier molecular flexibility index (Phi) is 12.7. The molecule has 13 nitrogen and oxygen atoms in total. The highest BCUT2D eigenvalue weighted by atomic mass is 79.9. The van der Waals surface area contributed by atoms with Gasteiger partial charge in [-0.25, -0.2) is 14.5 Å². The van der Waals surface area contributed by atoms with Gasteiger partial charge in [-0.15, -0.1) is 0 Å². The van der Waals surface area contributed by atoms with E-state index < -0.39 is 40.3 Å². The number of imide groups is 1. The number of ether oxygens (including phenoxy) is 1. The second-order valence-corrected chi connectivity index (χ2v) is 10.9. The summed E-state index contributed by atoms with van der Waals surface area (Å²) in [6.07, 6.45) is 0.115. The monoisotopic (exact) mass is 726 g/mol. The molecule has 47 heavy (non-hydrogen) atoms. The van der Waals surface area contributed by atoms with Crippen LogP contribution in [0.25, 0.3) is 0 Å². The third-order valence-corrected chi connectivity index (χ3v) is 7.33. The highest BCUT2D eigenvalue weighted by Crippen LogP contribution is 2.33. The molecule has 0 aromatic heterocycles. The first-order valence-electron chi connectivity index (χ1n) is 13.3. The van der Waals surface area contributed by atoms with Crippen LogP contribution in [-0.2, 0) is 9.59 Å². The Hall–Kier alpha value is -5.60. The van der Waals surface area contributed by atoms with Crippen molar-refractivity contribution in [3.05, 3.63) is 134 Å². The summed E-state index contributed by atoms with van der Waals surface area (Å²) >= 11 is 9.00. The van der Waals surface area contributed by atoms with Gasteiger partial charge in [0.15, 0.2) is 6.61 Å². The molecule has 2 amide bonds. The van der Waals surface area contributed by atoms with Crippen molar-refractivity contribution >= 4 is 68.6 Å². The number of hydrogen-bond acceptors (Lipinski definition) is 8. The van der Waals surface area contributed by atoms with Crippen molar-refractivity contribution < 1.29 is 49.0 Å². The quantitative estimate of drug-likeness (QED) is 0.0736. The van der Waals surface area contributed by atoms with Gasteiger partial charge in [0.2, 0.25) is 0 Å². The smallest absolute Gasteiger partial charge is 0.341 e. The van der Waals surface area contributed by atoms with Crippen molar-refractivity contribution in [2.24, 2.45) is 0 Å². The maximum Gasteiger partial charge on any atom is 0.341 e. The van der Waals surface area contributed by atoms with E-state index in [1.807, 2.05) is 30.3 Å². The van der Waals surface area contributed by atoms with Gasteiger partial charge in [-0.3, -0.25) is 24.5 Å². The van der Waals surface area contributed by atoms with Crippen LogP contribution in [-0.4, -0.2) is 56.6 Å². The zero-order valence-electron chi connectivity index (χ0n) is 24.0. The van der Waals surface area contributed by atoms with Gasteiger partial charge in [-0.1, -0.05) is 82.1 Å². The molecule has 1 atom stereocenters. The summed E-state index contributed by atoms with van der Waals surface area (Å²) in [6.45, 7) is -0.371. The standard InChI is InChI=1S/C15H8N2O6.C9H9BrO2.C8H7ClO3/c18-13-9-3-1-2-4-10(9)14(19)16(13)12-7-8(17(22)23)5-6-11(12)15(20)21;10-8(6-9(11)12)7-4-2-1-3-5-7;9-6-3-1-2-4-7(6)12-5-8(10)11/h1-7H,(H,20,21);1-5,8H,6H2,(H,11,12);1-4H,5H2,(H,10,11). The maximum atomic E-state index is 12.4. The van der Waals surface area contributed by atoms with Crippen LogP contribution >= 0.6 is 27.5 Å². The zero-order chi connectivity index (χ0) is 34.7. The number of benzene rings is 4. The summed E-state index contributed by atoms with van der Waals surface area (Å²) in [5.41, 5.74) is 0.144.